The van der Waals surface area contributed by atoms with Gasteiger partial charge in [0, 0.05) is 22.9 Å². The zero-order valence-corrected chi connectivity index (χ0v) is 18.7. The van der Waals surface area contributed by atoms with Crippen LogP contribution in [0.2, 0.25) is 0 Å². The third-order valence-electron chi connectivity index (χ3n) is 3.40. The highest BCUT2D eigenvalue weighted by Gasteiger charge is 1.95. The monoisotopic (exact) mass is 464 g/mol. The molecular weight excluding hydrogens is 428 g/mol. The van der Waals surface area contributed by atoms with Crippen LogP contribution < -0.4 is 0 Å². The summed E-state index contributed by atoms with van der Waals surface area (Å²) in [6.07, 6.45) is 0. The Labute approximate surface area is 188 Å². The summed E-state index contributed by atoms with van der Waals surface area (Å²) in [5, 5.41) is 6.72. The molecule has 0 fully saturated rings. The van der Waals surface area contributed by atoms with Crippen LogP contribution in [0.1, 0.15) is 0 Å². The van der Waals surface area contributed by atoms with Crippen LogP contribution in [0.5, 0.6) is 0 Å². The lowest BCUT2D eigenvalue weighted by Crippen LogP contribution is -2.15. The molecule has 0 N–H and O–H groups in total. The maximum absolute atomic E-state index is 8.09. The average Bonchev–Trinajstić information content (AvgIpc) is 2.81. The van der Waals surface area contributed by atoms with E-state index in [1.165, 1.54) is 0 Å². The summed E-state index contributed by atoms with van der Waals surface area (Å²) in [6, 6.07) is 0. The second kappa shape index (κ2) is 29.3. The maximum atomic E-state index is 8.09. The molecule has 0 aliphatic carbocycles. The zero-order chi connectivity index (χ0) is 23.2. The Kier molecular flexibility index (Phi) is 27.7. The van der Waals surface area contributed by atoms with E-state index >= 15 is 0 Å². The van der Waals surface area contributed by atoms with Crippen LogP contribution in [0.3, 0.4) is 0 Å². The van der Waals surface area contributed by atoms with Gasteiger partial charge in [-0.05, 0) is 11.1 Å². The first-order valence-corrected chi connectivity index (χ1v) is 10.6. The van der Waals surface area contributed by atoms with Crippen LogP contribution in [0.15, 0.2) is 10.2 Å². The predicted molar refractivity (Wildman–Crippen MR) is 115 cm³/mol. The van der Waals surface area contributed by atoms with Gasteiger partial charge in [0.2, 0.25) is 0 Å². The van der Waals surface area contributed by atoms with Gasteiger partial charge in [0.1, 0.15) is 0 Å². The van der Waals surface area contributed by atoms with E-state index in [1.54, 1.807) is 0 Å². The van der Waals surface area contributed by atoms with Gasteiger partial charge in [0.25, 0.3) is 0 Å². The predicted octanol–water partition coefficient (Wildman–Crippen LogP) is 1.74. The van der Waals surface area contributed by atoms with Gasteiger partial charge in [-0.15, -0.1) is 0 Å². The van der Waals surface area contributed by atoms with E-state index in [0.29, 0.717) is 119 Å². The highest BCUT2D eigenvalue weighted by molar-refractivity contribution is 4.45. The van der Waals surface area contributed by atoms with Crippen molar-refractivity contribution in [2.45, 2.75) is 0 Å². The first-order valence-electron chi connectivity index (χ1n) is 10.6. The maximum Gasteiger partial charge on any atom is 0.0701 e. The minimum Gasteiger partial charge on any atom is -0.379 e. The fourth-order valence-electron chi connectivity index (χ4n) is 1.94. The quantitative estimate of drug-likeness (QED) is 0.0765. The van der Waals surface area contributed by atoms with E-state index < -0.39 is 0 Å². The summed E-state index contributed by atoms with van der Waals surface area (Å²) in [4.78, 5) is 5.26. The van der Waals surface area contributed by atoms with Crippen LogP contribution in [-0.4, -0.2) is 119 Å². The zero-order valence-electron chi connectivity index (χ0n) is 18.7. The first kappa shape index (κ1) is 30.3. The molecule has 0 heterocycles. The van der Waals surface area contributed by atoms with Gasteiger partial charge in [-0.1, -0.05) is 10.2 Å². The van der Waals surface area contributed by atoms with Crippen molar-refractivity contribution >= 4 is 0 Å². The standard InChI is InChI=1S/C18H36N6O8/c19-23-21-1-3-25-5-7-27-9-11-29-13-15-31-17-18-32-16-14-30-12-10-28-8-6-26-4-2-22-24-20/h1-18H2. The van der Waals surface area contributed by atoms with Crippen molar-refractivity contribution in [3.05, 3.63) is 20.9 Å². The van der Waals surface area contributed by atoms with Crippen LogP contribution in [0.4, 0.5) is 0 Å². The molecule has 0 aromatic carbocycles. The summed E-state index contributed by atoms with van der Waals surface area (Å²) in [7, 11) is 0. The Morgan fingerprint density at radius 1 is 0.344 bits per heavy atom. The van der Waals surface area contributed by atoms with Gasteiger partial charge in [0.15, 0.2) is 0 Å². The van der Waals surface area contributed by atoms with E-state index in [1.807, 2.05) is 0 Å². The molecule has 0 amide bonds. The Hall–Kier alpha value is -1.70. The van der Waals surface area contributed by atoms with Crippen molar-refractivity contribution in [1.29, 1.82) is 0 Å². The summed E-state index contributed by atoms with van der Waals surface area (Å²) in [5.41, 5.74) is 16.2. The van der Waals surface area contributed by atoms with Crippen LogP contribution in [0.25, 0.3) is 20.9 Å². The van der Waals surface area contributed by atoms with Gasteiger partial charge >= 0.3 is 0 Å². The molecule has 0 bridgehead atoms. The molecule has 14 heteroatoms. The van der Waals surface area contributed by atoms with E-state index in [9.17, 15) is 0 Å². The SMILES string of the molecule is [N-]=[N+]=NCCOCCOCCOCCOCCOCCOCCOCCOCCN=[N+]=[N-]. The molecule has 0 atom stereocenters. The van der Waals surface area contributed by atoms with Crippen molar-refractivity contribution in [2.75, 3.05) is 119 Å². The minimum absolute atomic E-state index is 0.328. The number of nitrogens with zero attached hydrogens (tertiary/aromatic N) is 6. The van der Waals surface area contributed by atoms with E-state index in [0.717, 1.165) is 0 Å². The van der Waals surface area contributed by atoms with Crippen molar-refractivity contribution in [2.24, 2.45) is 10.2 Å². The van der Waals surface area contributed by atoms with Gasteiger partial charge in [-0.25, -0.2) is 0 Å². The molecule has 0 saturated heterocycles. The molecule has 0 saturated carbocycles. The molecular formula is C18H36N6O8. The second-order valence-electron chi connectivity index (χ2n) is 5.81. The van der Waals surface area contributed by atoms with Crippen LogP contribution >= 0.6 is 0 Å². The third kappa shape index (κ3) is 28.3. The van der Waals surface area contributed by atoms with Crippen molar-refractivity contribution in [3.8, 4) is 0 Å². The lowest BCUT2D eigenvalue weighted by atomic mass is 10.6. The molecule has 14 nitrogen and oxygen atoms in total. The van der Waals surface area contributed by atoms with Gasteiger partial charge in [-0.2, -0.15) is 0 Å². The average molecular weight is 465 g/mol. The van der Waals surface area contributed by atoms with Crippen molar-refractivity contribution in [3.63, 3.8) is 0 Å². The van der Waals surface area contributed by atoms with Crippen molar-refractivity contribution in [1.82, 2.24) is 0 Å². The largest absolute Gasteiger partial charge is 0.379 e. The lowest BCUT2D eigenvalue weighted by Gasteiger charge is -2.08. The molecule has 0 aromatic heterocycles. The van der Waals surface area contributed by atoms with Gasteiger partial charge < -0.3 is 37.9 Å². The summed E-state index contributed by atoms with van der Waals surface area (Å²) in [6.45, 7) is 8.23. The molecule has 0 rings (SSSR count). The second-order valence-corrected chi connectivity index (χ2v) is 5.81. The summed E-state index contributed by atoms with van der Waals surface area (Å²) >= 11 is 0. The molecule has 0 spiro atoms. The lowest BCUT2D eigenvalue weighted by molar-refractivity contribution is -0.0227. The van der Waals surface area contributed by atoms with Crippen molar-refractivity contribution < 1.29 is 37.9 Å². The third-order valence-corrected chi connectivity index (χ3v) is 3.40. The Morgan fingerprint density at radius 3 is 0.719 bits per heavy atom. The van der Waals surface area contributed by atoms with Crippen LogP contribution in [-0.2, 0) is 37.9 Å². The van der Waals surface area contributed by atoms with E-state index in [4.69, 9.17) is 49.0 Å². The summed E-state index contributed by atoms with van der Waals surface area (Å²) < 4.78 is 42.6. The molecule has 0 radical (unpaired) electrons. The highest BCUT2D eigenvalue weighted by Crippen LogP contribution is 1.86. The first-order chi connectivity index (χ1) is 15.9. The molecule has 0 aromatic rings. The Morgan fingerprint density at radius 2 is 0.531 bits per heavy atom. The smallest absolute Gasteiger partial charge is 0.0701 e. The number of rotatable bonds is 27. The van der Waals surface area contributed by atoms with E-state index in [2.05, 4.69) is 20.1 Å². The van der Waals surface area contributed by atoms with E-state index in [-0.39, 0.29) is 0 Å². The number of azide groups is 2. The molecule has 0 aliphatic rings. The number of ether oxygens (including phenoxy) is 8. The van der Waals surface area contributed by atoms with Crippen LogP contribution in [0, 0.1) is 0 Å². The molecule has 32 heavy (non-hydrogen) atoms. The number of hydrogen-bond acceptors (Lipinski definition) is 10. The molecule has 0 unspecified atom stereocenters. The molecule has 186 valence electrons. The topological polar surface area (TPSA) is 171 Å². The van der Waals surface area contributed by atoms with Gasteiger partial charge in [-0.3, -0.25) is 0 Å². The highest BCUT2D eigenvalue weighted by atomic mass is 16.6. The molecule has 0 aliphatic heterocycles. The minimum atomic E-state index is 0.328. The normalized spacial score (nSPS) is 10.6. The fourth-order valence-corrected chi connectivity index (χ4v) is 1.94. The fraction of sp³-hybridized carbons (Fsp3) is 1.00. The summed E-state index contributed by atoms with van der Waals surface area (Å²) in [5.74, 6) is 0. The number of hydrogen-bond donors (Lipinski definition) is 0. The van der Waals surface area contributed by atoms with Gasteiger partial charge in [0.05, 0.1) is 106 Å². The Bertz CT molecular complexity index is 436. The Balaban J connectivity index is 3.02.